The van der Waals surface area contributed by atoms with Gasteiger partial charge in [-0.2, -0.15) is 5.10 Å². The molecule has 102 valence electrons. The molecule has 1 saturated carbocycles. The van der Waals surface area contributed by atoms with Gasteiger partial charge in [-0.05, 0) is 18.8 Å². The molecule has 2 unspecified atom stereocenters. The molecule has 0 bridgehead atoms. The first kappa shape index (κ1) is 13.5. The highest BCUT2D eigenvalue weighted by Crippen LogP contribution is 2.38. The number of hydrogen-bond donors (Lipinski definition) is 1. The molecular formula is C14H26N4. The highest BCUT2D eigenvalue weighted by molar-refractivity contribution is 4.99. The van der Waals surface area contributed by atoms with Crippen molar-refractivity contribution in [2.24, 2.45) is 5.92 Å². The molecule has 4 nitrogen and oxygen atoms in total. The molecule has 0 saturated heterocycles. The Morgan fingerprint density at radius 1 is 1.28 bits per heavy atom. The van der Waals surface area contributed by atoms with Crippen LogP contribution in [0.1, 0.15) is 58.2 Å². The quantitative estimate of drug-likeness (QED) is 0.843. The summed E-state index contributed by atoms with van der Waals surface area (Å²) in [6, 6.07) is 1.14. The number of nitrogens with one attached hydrogen (secondary N) is 1. The molecule has 1 fully saturated rings. The third kappa shape index (κ3) is 2.74. The van der Waals surface area contributed by atoms with Crippen molar-refractivity contribution in [3.63, 3.8) is 0 Å². The monoisotopic (exact) mass is 250 g/mol. The van der Waals surface area contributed by atoms with Crippen LogP contribution < -0.4 is 5.32 Å². The highest BCUT2D eigenvalue weighted by Gasteiger charge is 2.34. The van der Waals surface area contributed by atoms with Crippen LogP contribution in [0.25, 0.3) is 0 Å². The van der Waals surface area contributed by atoms with E-state index < -0.39 is 0 Å². The number of rotatable bonds is 6. The number of nitrogens with zero attached hydrogens (tertiary/aromatic N) is 3. The molecule has 4 heteroatoms. The first-order valence-corrected chi connectivity index (χ1v) is 7.33. The topological polar surface area (TPSA) is 42.7 Å². The number of aryl methyl sites for hydroxylation is 2. The lowest BCUT2D eigenvalue weighted by atomic mass is 9.79. The third-order valence-electron chi connectivity index (χ3n) is 3.86. The Morgan fingerprint density at radius 2 is 2.06 bits per heavy atom. The van der Waals surface area contributed by atoms with Crippen molar-refractivity contribution in [2.45, 2.75) is 65.5 Å². The van der Waals surface area contributed by atoms with Crippen LogP contribution in [-0.2, 0) is 12.8 Å². The van der Waals surface area contributed by atoms with Crippen LogP contribution >= 0.6 is 0 Å². The van der Waals surface area contributed by atoms with Crippen LogP contribution in [0, 0.1) is 5.92 Å². The zero-order valence-corrected chi connectivity index (χ0v) is 12.1. The van der Waals surface area contributed by atoms with Crippen LogP contribution in [0.3, 0.4) is 0 Å². The van der Waals surface area contributed by atoms with Crippen molar-refractivity contribution in [1.82, 2.24) is 20.1 Å². The minimum absolute atomic E-state index is 0.568. The molecule has 1 heterocycles. The summed E-state index contributed by atoms with van der Waals surface area (Å²) in [4.78, 5) is 4.61. The van der Waals surface area contributed by atoms with E-state index in [2.05, 4.69) is 47.8 Å². The zero-order chi connectivity index (χ0) is 13.1. The molecular weight excluding hydrogens is 224 g/mol. The van der Waals surface area contributed by atoms with Crippen molar-refractivity contribution in [2.75, 3.05) is 6.54 Å². The number of aromatic nitrogens is 3. The van der Waals surface area contributed by atoms with E-state index in [1.807, 2.05) is 0 Å². The predicted octanol–water partition coefficient (Wildman–Crippen LogP) is 2.35. The van der Waals surface area contributed by atoms with Crippen LogP contribution in [0.5, 0.6) is 0 Å². The van der Waals surface area contributed by atoms with Gasteiger partial charge in [0.25, 0.3) is 0 Å². The molecule has 0 aromatic carbocycles. The smallest absolute Gasteiger partial charge is 0.150 e. The van der Waals surface area contributed by atoms with Crippen molar-refractivity contribution in [3.05, 3.63) is 11.6 Å². The van der Waals surface area contributed by atoms with Gasteiger partial charge in [0.15, 0.2) is 5.82 Å². The van der Waals surface area contributed by atoms with Gasteiger partial charge in [0.1, 0.15) is 5.82 Å². The standard InChI is InChI=1S/C14H26N4/c1-5-13-16-14(6-2)18(17-13)12-8-7-11(12)9-15-10(3)4/h10-12,15H,5-9H2,1-4H3. The van der Waals surface area contributed by atoms with E-state index >= 15 is 0 Å². The van der Waals surface area contributed by atoms with Crippen LogP contribution in [0.2, 0.25) is 0 Å². The van der Waals surface area contributed by atoms with Gasteiger partial charge in [0.05, 0.1) is 6.04 Å². The van der Waals surface area contributed by atoms with Gasteiger partial charge in [-0.15, -0.1) is 0 Å². The molecule has 0 spiro atoms. The summed E-state index contributed by atoms with van der Waals surface area (Å²) in [5.41, 5.74) is 0. The summed E-state index contributed by atoms with van der Waals surface area (Å²) in [5.74, 6) is 2.88. The molecule has 0 radical (unpaired) electrons. The van der Waals surface area contributed by atoms with Gasteiger partial charge >= 0.3 is 0 Å². The minimum atomic E-state index is 0.568. The first-order valence-electron chi connectivity index (χ1n) is 7.33. The summed E-state index contributed by atoms with van der Waals surface area (Å²) < 4.78 is 2.20. The average Bonchev–Trinajstić information content (AvgIpc) is 2.70. The second-order valence-electron chi connectivity index (χ2n) is 5.56. The van der Waals surface area contributed by atoms with Gasteiger partial charge < -0.3 is 5.32 Å². The maximum Gasteiger partial charge on any atom is 0.150 e. The summed E-state index contributed by atoms with van der Waals surface area (Å²) in [6.07, 6.45) is 4.48. The number of hydrogen-bond acceptors (Lipinski definition) is 3. The summed E-state index contributed by atoms with van der Waals surface area (Å²) in [7, 11) is 0. The summed E-state index contributed by atoms with van der Waals surface area (Å²) >= 11 is 0. The third-order valence-corrected chi connectivity index (χ3v) is 3.86. The fourth-order valence-corrected chi connectivity index (χ4v) is 2.56. The first-order chi connectivity index (χ1) is 8.65. The van der Waals surface area contributed by atoms with E-state index in [0.29, 0.717) is 12.1 Å². The Balaban J connectivity index is 2.04. The predicted molar refractivity (Wildman–Crippen MR) is 73.7 cm³/mol. The lowest BCUT2D eigenvalue weighted by molar-refractivity contribution is 0.156. The minimum Gasteiger partial charge on any atom is -0.314 e. The maximum atomic E-state index is 4.68. The molecule has 1 aliphatic carbocycles. The second-order valence-corrected chi connectivity index (χ2v) is 5.56. The molecule has 1 aromatic heterocycles. The van der Waals surface area contributed by atoms with E-state index in [0.717, 1.165) is 37.0 Å². The molecule has 18 heavy (non-hydrogen) atoms. The molecule has 1 aliphatic rings. The Hall–Kier alpha value is -0.900. The van der Waals surface area contributed by atoms with Crippen molar-refractivity contribution in [1.29, 1.82) is 0 Å². The van der Waals surface area contributed by atoms with E-state index in [4.69, 9.17) is 0 Å². The van der Waals surface area contributed by atoms with Crippen molar-refractivity contribution in [3.8, 4) is 0 Å². The lowest BCUT2D eigenvalue weighted by Crippen LogP contribution is -2.40. The summed E-state index contributed by atoms with van der Waals surface area (Å²) in [5, 5.41) is 8.22. The van der Waals surface area contributed by atoms with Crippen LogP contribution in [-0.4, -0.2) is 27.4 Å². The Kier molecular flexibility index (Phi) is 4.38. The lowest BCUT2D eigenvalue weighted by Gasteiger charge is -2.37. The molecule has 2 rings (SSSR count). The van der Waals surface area contributed by atoms with E-state index in [9.17, 15) is 0 Å². The maximum absolute atomic E-state index is 4.68. The van der Waals surface area contributed by atoms with Crippen LogP contribution in [0.4, 0.5) is 0 Å². The van der Waals surface area contributed by atoms with Gasteiger partial charge in [-0.1, -0.05) is 27.7 Å². The largest absolute Gasteiger partial charge is 0.314 e. The summed E-state index contributed by atoms with van der Waals surface area (Å²) in [6.45, 7) is 9.80. The SMILES string of the molecule is CCc1nc(CC)n(C2CCC2CNC(C)C)n1. The molecule has 1 N–H and O–H groups in total. The normalized spacial score (nSPS) is 23.4. The Bertz CT molecular complexity index is 383. The second kappa shape index (κ2) is 5.83. The molecule has 0 amide bonds. The van der Waals surface area contributed by atoms with E-state index in [-0.39, 0.29) is 0 Å². The van der Waals surface area contributed by atoms with E-state index in [1.54, 1.807) is 0 Å². The van der Waals surface area contributed by atoms with Crippen LogP contribution in [0.15, 0.2) is 0 Å². The van der Waals surface area contributed by atoms with Crippen molar-refractivity contribution >= 4 is 0 Å². The Labute approximate surface area is 110 Å². The van der Waals surface area contributed by atoms with Crippen molar-refractivity contribution < 1.29 is 0 Å². The molecule has 0 aliphatic heterocycles. The fraction of sp³-hybridized carbons (Fsp3) is 0.857. The molecule has 1 aromatic rings. The Morgan fingerprint density at radius 3 is 2.56 bits per heavy atom. The van der Waals surface area contributed by atoms with Gasteiger partial charge in [-0.3, -0.25) is 0 Å². The highest BCUT2D eigenvalue weighted by atomic mass is 15.4. The fourth-order valence-electron chi connectivity index (χ4n) is 2.56. The zero-order valence-electron chi connectivity index (χ0n) is 12.1. The van der Waals surface area contributed by atoms with Gasteiger partial charge in [-0.25, -0.2) is 9.67 Å². The van der Waals surface area contributed by atoms with Gasteiger partial charge in [0, 0.05) is 25.4 Å². The molecule has 2 atom stereocenters. The van der Waals surface area contributed by atoms with E-state index in [1.165, 1.54) is 12.8 Å². The van der Waals surface area contributed by atoms with Gasteiger partial charge in [0.2, 0.25) is 0 Å². The average molecular weight is 250 g/mol.